The van der Waals surface area contributed by atoms with Crippen molar-refractivity contribution in [3.05, 3.63) is 0 Å². The number of amides is 2. The Kier molecular flexibility index (Phi) is 9.91. The average Bonchev–Trinajstić information content (AvgIpc) is 2.58. The van der Waals surface area contributed by atoms with Gasteiger partial charge < -0.3 is 35.4 Å². The number of ether oxygens (including phenoxy) is 2. The maximum Gasteiger partial charge on any atom is 0.219 e. The van der Waals surface area contributed by atoms with Crippen molar-refractivity contribution in [1.29, 1.82) is 0 Å². The average molecular weight is 362 g/mol. The largest absolute Gasteiger partial charge is 0.394 e. The molecule has 0 radical (unpaired) electrons. The lowest BCUT2D eigenvalue weighted by Gasteiger charge is -2.42. The number of nitrogens with one attached hydrogen (secondary N) is 2. The topological polar surface area (TPSA) is 137 Å². The highest BCUT2D eigenvalue weighted by atomic mass is 16.7. The first-order valence-electron chi connectivity index (χ1n) is 8.68. The lowest BCUT2D eigenvalue weighted by molar-refractivity contribution is -0.270. The van der Waals surface area contributed by atoms with E-state index in [-0.39, 0.29) is 12.5 Å². The molecule has 2 amide bonds. The van der Waals surface area contributed by atoms with Crippen molar-refractivity contribution < 1.29 is 34.4 Å². The number of hydrogen-bond acceptors (Lipinski definition) is 7. The molecule has 1 fully saturated rings. The molecule has 0 aromatic heterocycles. The third-order valence-electron chi connectivity index (χ3n) is 3.93. The Morgan fingerprint density at radius 3 is 2.52 bits per heavy atom. The Morgan fingerprint density at radius 2 is 1.92 bits per heavy atom. The highest BCUT2D eigenvalue weighted by molar-refractivity contribution is 5.75. The summed E-state index contributed by atoms with van der Waals surface area (Å²) in [5.74, 6) is -0.412. The van der Waals surface area contributed by atoms with E-state index >= 15 is 0 Å². The van der Waals surface area contributed by atoms with Crippen LogP contribution in [0.3, 0.4) is 0 Å². The smallest absolute Gasteiger partial charge is 0.219 e. The van der Waals surface area contributed by atoms with E-state index in [1.54, 1.807) is 0 Å². The van der Waals surface area contributed by atoms with Crippen LogP contribution in [0.15, 0.2) is 0 Å². The molecule has 0 aromatic carbocycles. The van der Waals surface area contributed by atoms with E-state index in [0.717, 1.165) is 12.8 Å². The fourth-order valence-electron chi connectivity index (χ4n) is 2.54. The first-order chi connectivity index (χ1) is 11.9. The second kappa shape index (κ2) is 11.4. The molecule has 0 aromatic rings. The summed E-state index contributed by atoms with van der Waals surface area (Å²) in [6.07, 6.45) is -1.84. The van der Waals surface area contributed by atoms with Crippen LogP contribution in [-0.4, -0.2) is 77.5 Å². The van der Waals surface area contributed by atoms with Crippen molar-refractivity contribution in [2.75, 3.05) is 19.8 Å². The van der Waals surface area contributed by atoms with Crippen LogP contribution in [0.2, 0.25) is 0 Å². The lowest BCUT2D eigenvalue weighted by atomic mass is 9.97. The minimum atomic E-state index is -1.33. The van der Waals surface area contributed by atoms with Gasteiger partial charge in [0.1, 0.15) is 24.4 Å². The second-order valence-corrected chi connectivity index (χ2v) is 6.11. The van der Waals surface area contributed by atoms with Crippen molar-refractivity contribution in [2.24, 2.45) is 0 Å². The van der Waals surface area contributed by atoms with E-state index < -0.39 is 43.2 Å². The van der Waals surface area contributed by atoms with E-state index in [0.29, 0.717) is 19.4 Å². The maximum atomic E-state index is 11.5. The van der Waals surface area contributed by atoms with Crippen LogP contribution in [0, 0.1) is 0 Å². The van der Waals surface area contributed by atoms with Crippen molar-refractivity contribution in [3.63, 3.8) is 0 Å². The van der Waals surface area contributed by atoms with E-state index in [9.17, 15) is 24.9 Å². The predicted octanol–water partition coefficient (Wildman–Crippen LogP) is -1.36. The van der Waals surface area contributed by atoms with Gasteiger partial charge in [0.15, 0.2) is 6.29 Å². The molecule has 1 heterocycles. The molecule has 0 saturated carbocycles. The monoisotopic (exact) mass is 362 g/mol. The van der Waals surface area contributed by atoms with Crippen molar-refractivity contribution in [2.45, 2.75) is 70.2 Å². The minimum absolute atomic E-state index is 0.00854. The fraction of sp³-hybridized carbons (Fsp3) is 0.875. The van der Waals surface area contributed by atoms with Gasteiger partial charge in [0, 0.05) is 19.9 Å². The van der Waals surface area contributed by atoms with Gasteiger partial charge in [0.25, 0.3) is 0 Å². The number of unbranched alkanes of at least 4 members (excludes halogenated alkanes) is 1. The quantitative estimate of drug-likeness (QED) is 0.303. The predicted molar refractivity (Wildman–Crippen MR) is 88.5 cm³/mol. The molecule has 1 aliphatic heterocycles. The third kappa shape index (κ3) is 7.25. The van der Waals surface area contributed by atoms with Crippen LogP contribution in [0.4, 0.5) is 0 Å². The Balaban J connectivity index is 2.44. The highest BCUT2D eigenvalue weighted by Gasteiger charge is 2.45. The molecule has 146 valence electrons. The molecule has 9 heteroatoms. The van der Waals surface area contributed by atoms with Crippen molar-refractivity contribution >= 4 is 11.8 Å². The molecule has 0 spiro atoms. The van der Waals surface area contributed by atoms with E-state index in [1.165, 1.54) is 6.92 Å². The summed E-state index contributed by atoms with van der Waals surface area (Å²) in [5.41, 5.74) is 0. The van der Waals surface area contributed by atoms with Crippen molar-refractivity contribution in [3.8, 4) is 0 Å². The summed E-state index contributed by atoms with van der Waals surface area (Å²) in [5, 5.41) is 34.5. The normalized spacial score (nSPS) is 29.2. The van der Waals surface area contributed by atoms with Crippen LogP contribution in [0.5, 0.6) is 0 Å². The van der Waals surface area contributed by atoms with Crippen LogP contribution in [0.1, 0.15) is 39.5 Å². The van der Waals surface area contributed by atoms with Crippen LogP contribution in [-0.2, 0) is 19.1 Å². The number of hydrogen-bond donors (Lipinski definition) is 5. The van der Waals surface area contributed by atoms with Gasteiger partial charge in [-0.3, -0.25) is 9.59 Å². The lowest BCUT2D eigenvalue weighted by Crippen LogP contribution is -2.64. The third-order valence-corrected chi connectivity index (χ3v) is 3.93. The summed E-state index contributed by atoms with van der Waals surface area (Å²) in [7, 11) is 0. The fourth-order valence-corrected chi connectivity index (χ4v) is 2.54. The van der Waals surface area contributed by atoms with Gasteiger partial charge in [-0.1, -0.05) is 13.3 Å². The van der Waals surface area contributed by atoms with E-state index in [1.807, 2.05) is 6.92 Å². The van der Waals surface area contributed by atoms with Gasteiger partial charge in [-0.2, -0.15) is 0 Å². The Labute approximate surface area is 147 Å². The summed E-state index contributed by atoms with van der Waals surface area (Å²) < 4.78 is 11.0. The molecule has 5 atom stereocenters. The summed E-state index contributed by atoms with van der Waals surface area (Å²) in [6.45, 7) is 3.46. The number of carbonyl (C=O) groups excluding carboxylic acids is 2. The highest BCUT2D eigenvalue weighted by Crippen LogP contribution is 2.22. The first-order valence-corrected chi connectivity index (χ1v) is 8.68. The van der Waals surface area contributed by atoms with Crippen LogP contribution < -0.4 is 10.6 Å². The molecule has 1 aliphatic rings. The molecule has 0 bridgehead atoms. The standard InChI is InChI=1S/C16H30N2O7/c1-3-4-6-12(21)17-7-5-8-24-16-13(18-10(2)20)15(23)14(22)11(9-19)25-16/h11,13-16,19,22-23H,3-9H2,1-2H3,(H,17,21)(H,18,20)/t11?,13-,14+,15?,16-/m1/s1. The zero-order chi connectivity index (χ0) is 18.8. The summed E-state index contributed by atoms with van der Waals surface area (Å²) >= 11 is 0. The van der Waals surface area contributed by atoms with Gasteiger partial charge in [0.2, 0.25) is 11.8 Å². The Morgan fingerprint density at radius 1 is 1.20 bits per heavy atom. The van der Waals surface area contributed by atoms with E-state index in [4.69, 9.17) is 9.47 Å². The van der Waals surface area contributed by atoms with Gasteiger partial charge in [-0.15, -0.1) is 0 Å². The number of rotatable bonds is 10. The number of carbonyl (C=O) groups is 2. The molecule has 1 saturated heterocycles. The van der Waals surface area contributed by atoms with Gasteiger partial charge in [-0.25, -0.2) is 0 Å². The zero-order valence-corrected chi connectivity index (χ0v) is 14.8. The number of aliphatic hydroxyl groups is 3. The van der Waals surface area contributed by atoms with E-state index in [2.05, 4.69) is 10.6 Å². The molecule has 2 unspecified atom stereocenters. The molecule has 9 nitrogen and oxygen atoms in total. The summed E-state index contributed by atoms with van der Waals surface area (Å²) in [6, 6.07) is -0.950. The first kappa shape index (κ1) is 21.8. The van der Waals surface area contributed by atoms with Gasteiger partial charge in [-0.05, 0) is 12.8 Å². The Bertz CT molecular complexity index is 421. The van der Waals surface area contributed by atoms with Gasteiger partial charge >= 0.3 is 0 Å². The van der Waals surface area contributed by atoms with Crippen LogP contribution >= 0.6 is 0 Å². The maximum absolute atomic E-state index is 11.5. The molecular formula is C16H30N2O7. The molecule has 0 aliphatic carbocycles. The molecule has 5 N–H and O–H groups in total. The van der Waals surface area contributed by atoms with Crippen molar-refractivity contribution in [1.82, 2.24) is 10.6 Å². The van der Waals surface area contributed by atoms with Gasteiger partial charge in [0.05, 0.1) is 13.2 Å². The Hall–Kier alpha value is -1.26. The van der Waals surface area contributed by atoms with Crippen LogP contribution in [0.25, 0.3) is 0 Å². The zero-order valence-electron chi connectivity index (χ0n) is 14.8. The molecule has 25 heavy (non-hydrogen) atoms. The SMILES string of the molecule is CCCCC(=O)NCCCO[C@@H]1OC(CO)[C@H](O)C(O)[C@H]1NC(C)=O. The second-order valence-electron chi connectivity index (χ2n) is 6.11. The minimum Gasteiger partial charge on any atom is -0.394 e. The molecule has 1 rings (SSSR count). The summed E-state index contributed by atoms with van der Waals surface area (Å²) in [4.78, 5) is 22.8. The molecular weight excluding hydrogens is 332 g/mol. The number of aliphatic hydroxyl groups excluding tert-OH is 3.